The smallest absolute Gasteiger partial charge is 0.406 e. The van der Waals surface area contributed by atoms with Crippen molar-refractivity contribution < 1.29 is 40.7 Å². The molecule has 3 rings (SSSR count). The van der Waals surface area contributed by atoms with Crippen LogP contribution in [0.3, 0.4) is 0 Å². The summed E-state index contributed by atoms with van der Waals surface area (Å²) in [5.41, 5.74) is -5.84. The minimum atomic E-state index is -5.01. The molecular formula is C21H18BClF6N4O3. The highest BCUT2D eigenvalue weighted by Gasteiger charge is 2.47. The van der Waals surface area contributed by atoms with Crippen LogP contribution in [-0.2, 0) is 15.0 Å². The van der Waals surface area contributed by atoms with Gasteiger partial charge in [0.2, 0.25) is 11.8 Å². The van der Waals surface area contributed by atoms with Gasteiger partial charge in [0.1, 0.15) is 25.4 Å². The van der Waals surface area contributed by atoms with Crippen molar-refractivity contribution in [3.63, 3.8) is 0 Å². The number of hydrogen-bond donors (Lipinski definition) is 1. The summed E-state index contributed by atoms with van der Waals surface area (Å²) in [6.07, 6.45) is -3.00. The zero-order valence-corrected chi connectivity index (χ0v) is 19.1. The fraction of sp³-hybridized carbons (Fsp3) is 0.429. The van der Waals surface area contributed by atoms with E-state index in [1.807, 2.05) is 0 Å². The summed E-state index contributed by atoms with van der Waals surface area (Å²) in [6.45, 7) is 0. The molecule has 36 heavy (non-hydrogen) atoms. The van der Waals surface area contributed by atoms with Crippen LogP contribution < -0.4 is 15.0 Å². The number of amides is 2. The molecule has 2 aromatic rings. The fourth-order valence-corrected chi connectivity index (χ4v) is 3.83. The molecular weight excluding hydrogens is 517 g/mol. The number of aromatic nitrogens is 2. The number of alkyl halides is 7. The maximum absolute atomic E-state index is 14.1. The second kappa shape index (κ2) is 10.5. The maximum Gasteiger partial charge on any atom is 0.573 e. The lowest BCUT2D eigenvalue weighted by Crippen LogP contribution is -2.62. The highest BCUT2D eigenvalue weighted by atomic mass is 35.5. The molecule has 1 aliphatic carbocycles. The summed E-state index contributed by atoms with van der Waals surface area (Å²) in [5, 5.41) is 2.50. The summed E-state index contributed by atoms with van der Waals surface area (Å²) in [4.78, 5) is 34.3. The molecule has 1 N–H and O–H groups in total. The molecule has 0 saturated heterocycles. The number of rotatable bonds is 7. The number of nitrogens with one attached hydrogen (secondary N) is 1. The topological polar surface area (TPSA) is 84.4 Å². The first-order valence-electron chi connectivity index (χ1n) is 10.4. The second-order valence-electron chi connectivity index (χ2n) is 8.01. The van der Waals surface area contributed by atoms with Gasteiger partial charge in [-0.15, -0.1) is 13.2 Å². The molecule has 192 valence electrons. The molecule has 1 saturated carbocycles. The molecule has 1 heterocycles. The Morgan fingerprint density at radius 2 is 1.69 bits per heavy atom. The molecule has 2 amide bonds. The molecule has 0 spiro atoms. The van der Waals surface area contributed by atoms with Crippen LogP contribution in [0.1, 0.15) is 31.2 Å². The third-order valence-corrected chi connectivity index (χ3v) is 5.67. The molecule has 0 unspecified atom stereocenters. The number of nitrogens with zero attached hydrogens (tertiary/aromatic N) is 3. The number of carbonyl (C=O) groups is 2. The Balaban J connectivity index is 2.04. The number of carbonyl (C=O) groups excluding carboxylic acids is 2. The van der Waals surface area contributed by atoms with Crippen LogP contribution in [0, 0.1) is 0 Å². The van der Waals surface area contributed by atoms with E-state index in [0.717, 1.165) is 43.0 Å². The summed E-state index contributed by atoms with van der Waals surface area (Å²) in [7, 11) is 6.42. The zero-order valence-electron chi connectivity index (χ0n) is 18.3. The van der Waals surface area contributed by atoms with Crippen molar-refractivity contribution in [3.05, 3.63) is 48.5 Å². The third-order valence-electron chi connectivity index (χ3n) is 5.49. The first-order valence-corrected chi connectivity index (χ1v) is 10.9. The lowest BCUT2D eigenvalue weighted by atomic mass is 9.69. The number of ether oxygens (including phenoxy) is 1. The summed E-state index contributed by atoms with van der Waals surface area (Å²) in [5.74, 6) is -6.19. The van der Waals surface area contributed by atoms with Gasteiger partial charge in [-0.05, 0) is 37.1 Å². The normalized spacial score (nSPS) is 18.5. The number of benzene rings is 1. The van der Waals surface area contributed by atoms with Crippen molar-refractivity contribution in [2.75, 3.05) is 4.90 Å². The van der Waals surface area contributed by atoms with Crippen LogP contribution >= 0.6 is 11.6 Å². The van der Waals surface area contributed by atoms with E-state index in [0.29, 0.717) is 4.90 Å². The van der Waals surface area contributed by atoms with E-state index >= 15 is 0 Å². The SMILES string of the molecule is [B][C@](C(=O)NC1CCC(F)(F)CC1)(c1cncnc1)N(C(=O)[C@H](F)Cl)c1ccc(OC(F)(F)F)cc1. The molecule has 15 heteroatoms. The van der Waals surface area contributed by atoms with Crippen LogP contribution in [0.5, 0.6) is 5.75 Å². The van der Waals surface area contributed by atoms with Crippen LogP contribution in [0.2, 0.25) is 0 Å². The lowest BCUT2D eigenvalue weighted by molar-refractivity contribution is -0.274. The van der Waals surface area contributed by atoms with Crippen molar-refractivity contribution in [3.8, 4) is 5.75 Å². The quantitative estimate of drug-likeness (QED) is 0.330. The third kappa shape index (κ3) is 6.39. The first-order chi connectivity index (χ1) is 16.7. The Labute approximate surface area is 207 Å². The van der Waals surface area contributed by atoms with E-state index in [1.54, 1.807) is 0 Å². The summed E-state index contributed by atoms with van der Waals surface area (Å²) < 4.78 is 82.6. The molecule has 1 aromatic carbocycles. The Morgan fingerprint density at radius 1 is 1.14 bits per heavy atom. The Morgan fingerprint density at radius 3 is 2.19 bits per heavy atom. The minimum Gasteiger partial charge on any atom is -0.406 e. The number of halogens is 7. The molecule has 7 nitrogen and oxygen atoms in total. The maximum atomic E-state index is 14.1. The van der Waals surface area contributed by atoms with Gasteiger partial charge in [0.25, 0.3) is 11.5 Å². The number of hydrogen-bond acceptors (Lipinski definition) is 5. The van der Waals surface area contributed by atoms with Gasteiger partial charge in [-0.2, -0.15) is 0 Å². The Kier molecular flexibility index (Phi) is 8.06. The standard InChI is InChI=1S/C21H18BClF6N4O3/c22-20(12-9-30-11-31-10-12,18(35)32-13-5-7-19(25,26)8-6-13)33(17(34)16(23)24)14-1-3-15(4-2-14)36-21(27,28)29/h1-4,9-11,13,16H,5-8H2,(H,32,35)/t16-,20+/m0/s1. The second-order valence-corrected chi connectivity index (χ2v) is 8.40. The highest BCUT2D eigenvalue weighted by molar-refractivity contribution is 6.37. The van der Waals surface area contributed by atoms with Gasteiger partial charge in [-0.3, -0.25) is 14.5 Å². The van der Waals surface area contributed by atoms with Crippen molar-refractivity contribution in [2.45, 2.75) is 55.1 Å². The van der Waals surface area contributed by atoms with E-state index in [9.17, 15) is 35.9 Å². The summed E-state index contributed by atoms with van der Waals surface area (Å²) in [6, 6.07) is 2.73. The molecule has 1 aromatic heterocycles. The minimum absolute atomic E-state index is 0.0984. The van der Waals surface area contributed by atoms with E-state index in [2.05, 4.69) is 20.0 Å². The average Bonchev–Trinajstić information content (AvgIpc) is 2.81. The van der Waals surface area contributed by atoms with Gasteiger partial charge < -0.3 is 10.1 Å². The lowest BCUT2D eigenvalue weighted by Gasteiger charge is -2.42. The number of anilines is 1. The van der Waals surface area contributed by atoms with Crippen LogP contribution in [0.25, 0.3) is 0 Å². The monoisotopic (exact) mass is 534 g/mol. The predicted molar refractivity (Wildman–Crippen MR) is 116 cm³/mol. The van der Waals surface area contributed by atoms with Gasteiger partial charge in [-0.25, -0.2) is 23.1 Å². The summed E-state index contributed by atoms with van der Waals surface area (Å²) >= 11 is 5.38. The van der Waals surface area contributed by atoms with Crippen molar-refractivity contribution in [2.24, 2.45) is 0 Å². The van der Waals surface area contributed by atoms with Crippen molar-refractivity contribution in [1.82, 2.24) is 15.3 Å². The Bertz CT molecular complexity index is 1070. The van der Waals surface area contributed by atoms with E-state index in [-0.39, 0.29) is 24.1 Å². The molecule has 1 aliphatic rings. The first kappa shape index (κ1) is 27.6. The average molecular weight is 535 g/mol. The van der Waals surface area contributed by atoms with Crippen molar-refractivity contribution in [1.29, 1.82) is 0 Å². The molecule has 1 fully saturated rings. The van der Waals surface area contributed by atoms with Crippen LogP contribution in [0.15, 0.2) is 43.0 Å². The van der Waals surface area contributed by atoms with Crippen LogP contribution in [-0.4, -0.2) is 53.6 Å². The van der Waals surface area contributed by atoms with E-state index < -0.39 is 59.8 Å². The molecule has 0 aliphatic heterocycles. The van der Waals surface area contributed by atoms with E-state index in [1.165, 1.54) is 0 Å². The van der Waals surface area contributed by atoms with Gasteiger partial charge >= 0.3 is 6.36 Å². The van der Waals surface area contributed by atoms with Gasteiger partial charge in [0.05, 0.1) is 0 Å². The molecule has 2 radical (unpaired) electrons. The van der Waals surface area contributed by atoms with Gasteiger partial charge in [0.15, 0.2) is 0 Å². The van der Waals surface area contributed by atoms with Crippen LogP contribution in [0.4, 0.5) is 32.0 Å². The van der Waals surface area contributed by atoms with E-state index in [4.69, 9.17) is 19.4 Å². The zero-order chi connectivity index (χ0) is 26.7. The predicted octanol–water partition coefficient (Wildman–Crippen LogP) is 3.96. The largest absolute Gasteiger partial charge is 0.573 e. The van der Waals surface area contributed by atoms with Gasteiger partial charge in [-0.1, -0.05) is 11.6 Å². The molecule has 0 bridgehead atoms. The van der Waals surface area contributed by atoms with Crippen molar-refractivity contribution >= 4 is 36.9 Å². The molecule has 2 atom stereocenters. The fourth-order valence-electron chi connectivity index (χ4n) is 3.74. The highest BCUT2D eigenvalue weighted by Crippen LogP contribution is 2.36. The van der Waals surface area contributed by atoms with Gasteiger partial charge in [0, 0.05) is 42.5 Å². The Hall–Kier alpha value is -3.03.